The average molecular weight is 324 g/mol. The molecule has 3 heteroatoms. The highest BCUT2D eigenvalue weighted by molar-refractivity contribution is 7.98. The van der Waals surface area contributed by atoms with Crippen LogP contribution in [0.1, 0.15) is 67.3 Å². The van der Waals surface area contributed by atoms with Gasteiger partial charge in [0.1, 0.15) is 0 Å². The Morgan fingerprint density at radius 1 is 1.29 bits per heavy atom. The minimum Gasteiger partial charge on any atom is -0.309 e. The number of hydrogen-bond donors (Lipinski definition) is 1. The lowest BCUT2D eigenvalue weighted by molar-refractivity contribution is 0.178. The van der Waals surface area contributed by atoms with Crippen LogP contribution in [0.25, 0.3) is 0 Å². The smallest absolute Gasteiger partial charge is 0.0446 e. The molecule has 3 atom stereocenters. The van der Waals surface area contributed by atoms with Crippen LogP contribution in [0, 0.1) is 11.8 Å². The molecule has 118 valence electrons. The summed E-state index contributed by atoms with van der Waals surface area (Å²) in [5.41, 5.74) is 1.64. The van der Waals surface area contributed by atoms with Gasteiger partial charge in [0.25, 0.3) is 0 Å². The zero-order chi connectivity index (χ0) is 14.7. The molecule has 3 unspecified atom stereocenters. The van der Waals surface area contributed by atoms with E-state index in [1.165, 1.54) is 50.0 Å². The summed E-state index contributed by atoms with van der Waals surface area (Å²) in [6.07, 6.45) is 8.41. The topological polar surface area (TPSA) is 12.0 Å². The molecule has 0 radical (unpaired) electrons. The van der Waals surface area contributed by atoms with Crippen molar-refractivity contribution >= 4 is 23.1 Å². The molecule has 0 spiro atoms. The zero-order valence-corrected chi connectivity index (χ0v) is 15.1. The summed E-state index contributed by atoms with van der Waals surface area (Å²) < 4.78 is 0. The molecular weight excluding hydrogens is 294 g/mol. The van der Waals surface area contributed by atoms with Gasteiger partial charge in [0.2, 0.25) is 0 Å². The molecular formula is C18H29NS2. The van der Waals surface area contributed by atoms with Gasteiger partial charge in [-0.25, -0.2) is 0 Å². The molecule has 3 rings (SSSR count). The van der Waals surface area contributed by atoms with Gasteiger partial charge in [-0.2, -0.15) is 11.8 Å². The fourth-order valence-corrected chi connectivity index (χ4v) is 6.72. The summed E-state index contributed by atoms with van der Waals surface area (Å²) in [6.45, 7) is 5.75. The molecule has 0 saturated heterocycles. The summed E-state index contributed by atoms with van der Waals surface area (Å²) in [7, 11) is 0. The second kappa shape index (κ2) is 7.52. The van der Waals surface area contributed by atoms with Crippen molar-refractivity contribution < 1.29 is 0 Å². The third-order valence-corrected chi connectivity index (χ3v) is 7.63. The van der Waals surface area contributed by atoms with E-state index in [2.05, 4.69) is 48.3 Å². The first kappa shape index (κ1) is 15.9. The zero-order valence-electron chi connectivity index (χ0n) is 13.5. The first-order valence-electron chi connectivity index (χ1n) is 8.76. The predicted molar refractivity (Wildman–Crippen MR) is 96.3 cm³/mol. The number of fused-ring (bicyclic) bond motifs is 1. The Bertz CT molecular complexity index is 431. The number of hydrogen-bond acceptors (Lipinski definition) is 3. The van der Waals surface area contributed by atoms with Crippen molar-refractivity contribution in [3.8, 4) is 0 Å². The Morgan fingerprint density at radius 3 is 2.90 bits per heavy atom. The molecule has 1 aromatic heterocycles. The van der Waals surface area contributed by atoms with E-state index in [9.17, 15) is 0 Å². The third-order valence-electron chi connectivity index (χ3n) is 5.30. The molecule has 21 heavy (non-hydrogen) atoms. The van der Waals surface area contributed by atoms with Crippen LogP contribution in [-0.2, 0) is 12.2 Å². The summed E-state index contributed by atoms with van der Waals surface area (Å²) in [5, 5.41) is 3.85. The second-order valence-corrected chi connectivity index (χ2v) is 8.83. The Balaban J connectivity index is 1.84. The maximum atomic E-state index is 3.85. The molecule has 0 bridgehead atoms. The fraction of sp³-hybridized carbons (Fsp3) is 0.778. The molecule has 1 N–H and O–H groups in total. The highest BCUT2D eigenvalue weighted by Crippen LogP contribution is 2.43. The normalized spacial score (nSPS) is 27.3. The van der Waals surface area contributed by atoms with Crippen molar-refractivity contribution in [2.24, 2.45) is 11.8 Å². The van der Waals surface area contributed by atoms with Crippen LogP contribution in [0.3, 0.4) is 0 Å². The largest absolute Gasteiger partial charge is 0.309 e. The fourth-order valence-electron chi connectivity index (χ4n) is 4.19. The number of rotatable bonds is 5. The standard InChI is InChI=1S/C18H29NS2/c1-3-13-7-5-6-8-15(13)18(19-4-2)17-11-14-12-20-10-9-16(14)21-17/h11,13,15,18-19H,3-10,12H2,1-2H3. The lowest BCUT2D eigenvalue weighted by atomic mass is 9.73. The van der Waals surface area contributed by atoms with E-state index in [1.807, 2.05) is 0 Å². The van der Waals surface area contributed by atoms with Crippen molar-refractivity contribution in [2.75, 3.05) is 12.3 Å². The van der Waals surface area contributed by atoms with Gasteiger partial charge in [0, 0.05) is 21.5 Å². The number of thioether (sulfide) groups is 1. The molecule has 1 nitrogen and oxygen atoms in total. The van der Waals surface area contributed by atoms with Crippen LogP contribution in [0.2, 0.25) is 0 Å². The van der Waals surface area contributed by atoms with Crippen molar-refractivity contribution in [3.63, 3.8) is 0 Å². The van der Waals surface area contributed by atoms with Crippen LogP contribution in [-0.4, -0.2) is 12.3 Å². The van der Waals surface area contributed by atoms with Gasteiger partial charge in [-0.3, -0.25) is 0 Å². The highest BCUT2D eigenvalue weighted by Gasteiger charge is 2.32. The van der Waals surface area contributed by atoms with Gasteiger partial charge < -0.3 is 5.32 Å². The first-order valence-corrected chi connectivity index (χ1v) is 10.7. The molecule has 1 aromatic rings. The van der Waals surface area contributed by atoms with Crippen LogP contribution >= 0.6 is 23.1 Å². The average Bonchev–Trinajstić information content (AvgIpc) is 2.96. The van der Waals surface area contributed by atoms with Crippen molar-refractivity contribution in [1.29, 1.82) is 0 Å². The van der Waals surface area contributed by atoms with Crippen LogP contribution in [0.15, 0.2) is 6.07 Å². The monoisotopic (exact) mass is 323 g/mol. The number of nitrogens with one attached hydrogen (secondary N) is 1. The van der Waals surface area contributed by atoms with Crippen LogP contribution < -0.4 is 5.32 Å². The van der Waals surface area contributed by atoms with E-state index < -0.39 is 0 Å². The van der Waals surface area contributed by atoms with Gasteiger partial charge in [0.15, 0.2) is 0 Å². The molecule has 2 aliphatic rings. The summed E-state index contributed by atoms with van der Waals surface area (Å²) in [6, 6.07) is 3.15. The predicted octanol–water partition coefficient (Wildman–Crippen LogP) is 5.40. The molecule has 1 aliphatic heterocycles. The number of aryl methyl sites for hydroxylation is 1. The summed E-state index contributed by atoms with van der Waals surface area (Å²) in [4.78, 5) is 3.31. The minimum atomic E-state index is 0.612. The molecule has 1 aliphatic carbocycles. The van der Waals surface area contributed by atoms with E-state index in [0.29, 0.717) is 6.04 Å². The third kappa shape index (κ3) is 3.51. The Hall–Kier alpha value is 0.01000. The molecule has 1 fully saturated rings. The van der Waals surface area contributed by atoms with Gasteiger partial charge >= 0.3 is 0 Å². The van der Waals surface area contributed by atoms with Gasteiger partial charge in [-0.05, 0) is 48.6 Å². The molecule has 0 aromatic carbocycles. The SMILES string of the molecule is CCNC(c1cc2c(s1)CCSC2)C1CCCCC1CC. The minimum absolute atomic E-state index is 0.612. The van der Waals surface area contributed by atoms with Crippen molar-refractivity contribution in [1.82, 2.24) is 5.32 Å². The van der Waals surface area contributed by atoms with Crippen molar-refractivity contribution in [3.05, 3.63) is 21.4 Å². The second-order valence-electron chi connectivity index (χ2n) is 6.55. The summed E-state index contributed by atoms with van der Waals surface area (Å²) >= 11 is 4.22. The molecule has 1 saturated carbocycles. The van der Waals surface area contributed by atoms with Gasteiger partial charge in [-0.15, -0.1) is 11.3 Å². The Kier molecular flexibility index (Phi) is 5.69. The Labute approximate surface area is 138 Å². The maximum Gasteiger partial charge on any atom is 0.0446 e. The Morgan fingerprint density at radius 2 is 2.14 bits per heavy atom. The maximum absolute atomic E-state index is 3.85. The molecule has 2 heterocycles. The lowest BCUT2D eigenvalue weighted by Crippen LogP contribution is -2.34. The van der Waals surface area contributed by atoms with Gasteiger partial charge in [-0.1, -0.05) is 39.5 Å². The van der Waals surface area contributed by atoms with Crippen LogP contribution in [0.5, 0.6) is 0 Å². The van der Waals surface area contributed by atoms with E-state index in [0.717, 1.165) is 18.4 Å². The highest BCUT2D eigenvalue weighted by atomic mass is 32.2. The van der Waals surface area contributed by atoms with E-state index in [4.69, 9.17) is 0 Å². The number of thiophene rings is 1. The molecule has 0 amide bonds. The van der Waals surface area contributed by atoms with Crippen LogP contribution in [0.4, 0.5) is 0 Å². The first-order chi connectivity index (χ1) is 10.3. The van der Waals surface area contributed by atoms with Crippen molar-refractivity contribution in [2.45, 2.75) is 64.2 Å². The summed E-state index contributed by atoms with van der Waals surface area (Å²) in [5.74, 6) is 4.35. The van der Waals surface area contributed by atoms with E-state index in [1.54, 1.807) is 15.3 Å². The van der Waals surface area contributed by atoms with Gasteiger partial charge in [0.05, 0.1) is 0 Å². The lowest BCUT2D eigenvalue weighted by Gasteiger charge is -2.37. The van der Waals surface area contributed by atoms with E-state index >= 15 is 0 Å². The van der Waals surface area contributed by atoms with E-state index in [-0.39, 0.29) is 0 Å². The quantitative estimate of drug-likeness (QED) is 0.778.